The summed E-state index contributed by atoms with van der Waals surface area (Å²) in [6, 6.07) is 11.5. The van der Waals surface area contributed by atoms with Gasteiger partial charge in [-0.05, 0) is 61.7 Å². The van der Waals surface area contributed by atoms with Gasteiger partial charge in [0.1, 0.15) is 6.33 Å². The van der Waals surface area contributed by atoms with Crippen LogP contribution < -0.4 is 10.6 Å². The van der Waals surface area contributed by atoms with E-state index in [1.165, 1.54) is 12.0 Å². The molecule has 3 heterocycles. The molecule has 1 amide bonds. The van der Waals surface area contributed by atoms with E-state index in [2.05, 4.69) is 26.7 Å². The number of carbonyl (C=O) groups excluding carboxylic acids is 1. The highest BCUT2D eigenvalue weighted by atomic mass is 35.5. The summed E-state index contributed by atoms with van der Waals surface area (Å²) >= 11 is 0. The maximum absolute atomic E-state index is 12.7. The average molecular weight is 384 g/mol. The summed E-state index contributed by atoms with van der Waals surface area (Å²) in [7, 11) is 0. The van der Waals surface area contributed by atoms with Crippen LogP contribution in [0.5, 0.6) is 0 Å². The lowest BCUT2D eigenvalue weighted by molar-refractivity contribution is 0.102. The maximum Gasteiger partial charge on any atom is 0.255 e. The fraction of sp³-hybridized carbons (Fsp3) is 0.250. The van der Waals surface area contributed by atoms with E-state index in [4.69, 9.17) is 0 Å². The first-order valence-electron chi connectivity index (χ1n) is 8.84. The Kier molecular flexibility index (Phi) is 6.21. The molecule has 3 aromatic rings. The monoisotopic (exact) mass is 383 g/mol. The number of hydrogen-bond donors (Lipinski definition) is 2. The number of amides is 1. The van der Waals surface area contributed by atoms with Crippen molar-refractivity contribution in [1.29, 1.82) is 0 Å². The number of halogens is 1. The number of nitrogens with one attached hydrogen (secondary N) is 2. The molecule has 1 unspecified atom stereocenters. The summed E-state index contributed by atoms with van der Waals surface area (Å²) in [6.45, 7) is 2.14. The molecule has 0 saturated carbocycles. The standard InChI is InChI=1S/C20H21N5O.ClH/c26-20(17-4-1-3-15(12-17)11-16-6-8-21-13-16)24-18-5-2-7-23-19(18)25-10-9-22-14-25;/h1-5,7,9-10,12,14,16,21H,6,8,11,13H2,(H,24,26);1H. The van der Waals surface area contributed by atoms with E-state index >= 15 is 0 Å². The van der Waals surface area contributed by atoms with Crippen LogP contribution in [0.4, 0.5) is 5.69 Å². The predicted octanol–water partition coefficient (Wildman–Crippen LogP) is 3.09. The molecular formula is C20H22ClN5O. The number of imidazole rings is 1. The topological polar surface area (TPSA) is 71.8 Å². The SMILES string of the molecule is Cl.O=C(Nc1cccnc1-n1ccnc1)c1cccc(CC2CCNC2)c1. The van der Waals surface area contributed by atoms with Crippen molar-refractivity contribution in [2.75, 3.05) is 18.4 Å². The Labute approximate surface area is 164 Å². The zero-order valence-electron chi connectivity index (χ0n) is 14.8. The molecule has 6 nitrogen and oxygen atoms in total. The Morgan fingerprint density at radius 2 is 2.19 bits per heavy atom. The van der Waals surface area contributed by atoms with E-state index in [1.807, 2.05) is 24.3 Å². The molecule has 0 spiro atoms. The molecule has 27 heavy (non-hydrogen) atoms. The molecule has 7 heteroatoms. The van der Waals surface area contributed by atoms with Crippen LogP contribution in [0.1, 0.15) is 22.3 Å². The van der Waals surface area contributed by atoms with Crippen LogP contribution in [-0.4, -0.2) is 33.5 Å². The third-order valence-electron chi connectivity index (χ3n) is 4.66. The Bertz CT molecular complexity index is 891. The first-order chi connectivity index (χ1) is 12.8. The number of rotatable bonds is 5. The molecule has 1 saturated heterocycles. The quantitative estimate of drug-likeness (QED) is 0.710. The molecule has 1 aliphatic heterocycles. The lowest BCUT2D eigenvalue weighted by Gasteiger charge is -2.12. The minimum atomic E-state index is -0.134. The van der Waals surface area contributed by atoms with Gasteiger partial charge in [-0.3, -0.25) is 9.36 Å². The van der Waals surface area contributed by atoms with E-state index in [0.29, 0.717) is 23.0 Å². The molecule has 2 N–H and O–H groups in total. The van der Waals surface area contributed by atoms with E-state index in [1.54, 1.807) is 35.6 Å². The molecule has 0 radical (unpaired) electrons. The molecule has 0 bridgehead atoms. The van der Waals surface area contributed by atoms with Crippen molar-refractivity contribution in [3.8, 4) is 5.82 Å². The van der Waals surface area contributed by atoms with Crippen molar-refractivity contribution < 1.29 is 4.79 Å². The Balaban J connectivity index is 0.00000210. The summed E-state index contributed by atoms with van der Waals surface area (Å²) in [5, 5.41) is 6.36. The van der Waals surface area contributed by atoms with Gasteiger partial charge in [0.05, 0.1) is 5.69 Å². The maximum atomic E-state index is 12.7. The van der Waals surface area contributed by atoms with Crippen LogP contribution in [0, 0.1) is 5.92 Å². The van der Waals surface area contributed by atoms with Gasteiger partial charge in [0, 0.05) is 24.2 Å². The van der Waals surface area contributed by atoms with Gasteiger partial charge in [-0.2, -0.15) is 0 Å². The van der Waals surface area contributed by atoms with Crippen molar-refractivity contribution in [2.45, 2.75) is 12.8 Å². The van der Waals surface area contributed by atoms with Gasteiger partial charge in [0.15, 0.2) is 5.82 Å². The number of hydrogen-bond acceptors (Lipinski definition) is 4. The third kappa shape index (κ3) is 4.53. The number of benzene rings is 1. The molecular weight excluding hydrogens is 362 g/mol. The van der Waals surface area contributed by atoms with Crippen LogP contribution in [0.25, 0.3) is 5.82 Å². The molecule has 0 aliphatic carbocycles. The smallest absolute Gasteiger partial charge is 0.255 e. The van der Waals surface area contributed by atoms with Crippen LogP contribution in [-0.2, 0) is 6.42 Å². The minimum Gasteiger partial charge on any atom is -0.319 e. The van der Waals surface area contributed by atoms with Gasteiger partial charge < -0.3 is 10.6 Å². The highest BCUT2D eigenvalue weighted by molar-refractivity contribution is 6.05. The number of pyridine rings is 1. The fourth-order valence-corrected chi connectivity index (χ4v) is 3.34. The van der Waals surface area contributed by atoms with Crippen LogP contribution in [0.2, 0.25) is 0 Å². The Morgan fingerprint density at radius 1 is 1.26 bits per heavy atom. The molecule has 1 fully saturated rings. The van der Waals surface area contributed by atoms with E-state index < -0.39 is 0 Å². The van der Waals surface area contributed by atoms with E-state index in [0.717, 1.165) is 19.5 Å². The predicted molar refractivity (Wildman–Crippen MR) is 108 cm³/mol. The summed E-state index contributed by atoms with van der Waals surface area (Å²) < 4.78 is 1.78. The van der Waals surface area contributed by atoms with Gasteiger partial charge >= 0.3 is 0 Å². The molecule has 1 atom stereocenters. The van der Waals surface area contributed by atoms with E-state index in [-0.39, 0.29) is 18.3 Å². The number of aromatic nitrogens is 3. The largest absolute Gasteiger partial charge is 0.319 e. The zero-order chi connectivity index (χ0) is 17.8. The van der Waals surface area contributed by atoms with Crippen molar-refractivity contribution in [3.05, 3.63) is 72.4 Å². The van der Waals surface area contributed by atoms with Crippen molar-refractivity contribution in [2.24, 2.45) is 5.92 Å². The highest BCUT2D eigenvalue weighted by Crippen LogP contribution is 2.19. The zero-order valence-corrected chi connectivity index (χ0v) is 15.7. The van der Waals surface area contributed by atoms with Crippen molar-refractivity contribution in [3.63, 3.8) is 0 Å². The molecule has 1 aliphatic rings. The van der Waals surface area contributed by atoms with Crippen LogP contribution in [0.15, 0.2) is 61.3 Å². The van der Waals surface area contributed by atoms with E-state index in [9.17, 15) is 4.79 Å². The Morgan fingerprint density at radius 3 is 2.96 bits per heavy atom. The van der Waals surface area contributed by atoms with Crippen LogP contribution in [0.3, 0.4) is 0 Å². The number of nitrogens with zero attached hydrogens (tertiary/aromatic N) is 3. The second-order valence-electron chi connectivity index (χ2n) is 6.56. The van der Waals surface area contributed by atoms with Crippen molar-refractivity contribution in [1.82, 2.24) is 19.9 Å². The number of anilines is 1. The lowest BCUT2D eigenvalue weighted by Crippen LogP contribution is -2.15. The molecule has 1 aromatic carbocycles. The van der Waals surface area contributed by atoms with Gasteiger partial charge in [0.2, 0.25) is 0 Å². The fourth-order valence-electron chi connectivity index (χ4n) is 3.34. The highest BCUT2D eigenvalue weighted by Gasteiger charge is 2.16. The van der Waals surface area contributed by atoms with Gasteiger partial charge in [-0.25, -0.2) is 9.97 Å². The summed E-state index contributed by atoms with van der Waals surface area (Å²) in [4.78, 5) is 21.1. The summed E-state index contributed by atoms with van der Waals surface area (Å²) in [6.07, 6.45) is 9.03. The number of carbonyl (C=O) groups is 1. The first-order valence-corrected chi connectivity index (χ1v) is 8.84. The normalized spacial score (nSPS) is 15.9. The van der Waals surface area contributed by atoms with Gasteiger partial charge in [0.25, 0.3) is 5.91 Å². The van der Waals surface area contributed by atoms with Gasteiger partial charge in [-0.1, -0.05) is 12.1 Å². The first kappa shape index (κ1) is 19.1. The Hall–Kier alpha value is -2.70. The molecule has 4 rings (SSSR count). The second-order valence-corrected chi connectivity index (χ2v) is 6.56. The minimum absolute atomic E-state index is 0. The summed E-state index contributed by atoms with van der Waals surface area (Å²) in [5.74, 6) is 1.16. The third-order valence-corrected chi connectivity index (χ3v) is 4.66. The van der Waals surface area contributed by atoms with Gasteiger partial charge in [-0.15, -0.1) is 12.4 Å². The summed E-state index contributed by atoms with van der Waals surface area (Å²) in [5.41, 5.74) is 2.52. The lowest BCUT2D eigenvalue weighted by atomic mass is 9.97. The van der Waals surface area contributed by atoms with Crippen molar-refractivity contribution >= 4 is 24.0 Å². The second kappa shape index (κ2) is 8.79. The molecule has 2 aromatic heterocycles. The average Bonchev–Trinajstić information content (AvgIpc) is 3.36. The molecule has 140 valence electrons. The van der Waals surface area contributed by atoms with Crippen LogP contribution >= 0.6 is 12.4 Å².